The molecule has 9 heteroatoms. The molecule has 136 valence electrons. The van der Waals surface area contributed by atoms with Gasteiger partial charge in [-0.25, -0.2) is 16.8 Å². The van der Waals surface area contributed by atoms with Gasteiger partial charge in [0.2, 0.25) is 20.0 Å². The smallest absolute Gasteiger partial charge is 0.243 e. The van der Waals surface area contributed by atoms with E-state index in [0.29, 0.717) is 13.1 Å². The summed E-state index contributed by atoms with van der Waals surface area (Å²) in [6, 6.07) is 5.17. The van der Waals surface area contributed by atoms with Crippen LogP contribution in [0.5, 0.6) is 0 Å². The average molecular weight is 376 g/mol. The number of benzene rings is 1. The van der Waals surface area contributed by atoms with Crippen LogP contribution in [-0.4, -0.2) is 58.2 Å². The van der Waals surface area contributed by atoms with Gasteiger partial charge in [0.25, 0.3) is 0 Å². The summed E-state index contributed by atoms with van der Waals surface area (Å²) in [7, 11) is -6.02. The summed E-state index contributed by atoms with van der Waals surface area (Å²) in [4.78, 5) is -0.0253. The van der Waals surface area contributed by atoms with Crippen LogP contribution >= 0.6 is 0 Å². The highest BCUT2D eigenvalue weighted by atomic mass is 32.2. The van der Waals surface area contributed by atoms with Crippen molar-refractivity contribution in [1.29, 1.82) is 0 Å². The zero-order valence-electron chi connectivity index (χ0n) is 14.1. The SMILES string of the molecule is CC(CN)N(C)S(=O)(=O)c1cccc(S(=O)(=O)N2CCCCC2)c1. The molecular weight excluding hydrogens is 350 g/mol. The molecule has 0 spiro atoms. The van der Waals surface area contributed by atoms with Gasteiger partial charge < -0.3 is 5.73 Å². The number of sulfonamides is 2. The van der Waals surface area contributed by atoms with Crippen LogP contribution in [0.3, 0.4) is 0 Å². The second-order valence-electron chi connectivity index (χ2n) is 6.05. The third-order valence-electron chi connectivity index (χ3n) is 4.40. The first-order valence-corrected chi connectivity index (χ1v) is 10.9. The molecular formula is C15H25N3O4S2. The zero-order valence-corrected chi connectivity index (χ0v) is 15.7. The number of piperidine rings is 1. The number of hydrogen-bond donors (Lipinski definition) is 1. The first kappa shape index (κ1) is 19.3. The van der Waals surface area contributed by atoms with Crippen molar-refractivity contribution in [2.45, 2.75) is 42.0 Å². The molecule has 24 heavy (non-hydrogen) atoms. The van der Waals surface area contributed by atoms with E-state index in [1.54, 1.807) is 6.92 Å². The van der Waals surface area contributed by atoms with Gasteiger partial charge in [0.15, 0.2) is 0 Å². The van der Waals surface area contributed by atoms with E-state index in [1.165, 1.54) is 39.9 Å². The standard InChI is InChI=1S/C15H25N3O4S2/c1-13(12-16)17(2)23(19,20)14-7-6-8-15(11-14)24(21,22)18-9-4-3-5-10-18/h6-8,11,13H,3-5,9-10,12,16H2,1-2H3. The van der Waals surface area contributed by atoms with Gasteiger partial charge in [0.05, 0.1) is 9.79 Å². The largest absolute Gasteiger partial charge is 0.329 e. The number of likely N-dealkylation sites (N-methyl/N-ethyl adjacent to an activating group) is 1. The van der Waals surface area contributed by atoms with Crippen LogP contribution in [0.15, 0.2) is 34.1 Å². The van der Waals surface area contributed by atoms with Crippen molar-refractivity contribution in [3.8, 4) is 0 Å². The van der Waals surface area contributed by atoms with Crippen molar-refractivity contribution in [2.75, 3.05) is 26.7 Å². The molecule has 0 saturated carbocycles. The molecule has 1 aliphatic rings. The summed E-state index contributed by atoms with van der Waals surface area (Å²) in [5.74, 6) is 0. The minimum absolute atomic E-state index is 0.0132. The van der Waals surface area contributed by atoms with Gasteiger partial charge in [-0.2, -0.15) is 8.61 Å². The first-order valence-electron chi connectivity index (χ1n) is 7.99. The van der Waals surface area contributed by atoms with Crippen molar-refractivity contribution in [3.63, 3.8) is 0 Å². The summed E-state index contributed by atoms with van der Waals surface area (Å²) >= 11 is 0. The highest BCUT2D eigenvalue weighted by molar-refractivity contribution is 7.90. The fraction of sp³-hybridized carbons (Fsp3) is 0.600. The number of nitrogens with zero attached hydrogens (tertiary/aromatic N) is 2. The summed E-state index contributed by atoms with van der Waals surface area (Å²) in [5, 5.41) is 0. The van der Waals surface area contributed by atoms with Gasteiger partial charge in [0.1, 0.15) is 0 Å². The Bertz CT molecular complexity index is 724. The molecule has 1 aliphatic heterocycles. The molecule has 0 bridgehead atoms. The lowest BCUT2D eigenvalue weighted by Crippen LogP contribution is -2.39. The quantitative estimate of drug-likeness (QED) is 0.794. The molecule has 0 aromatic heterocycles. The minimum atomic E-state index is -3.79. The Morgan fingerprint density at radius 1 is 1.12 bits per heavy atom. The summed E-state index contributed by atoms with van der Waals surface area (Å²) in [6.07, 6.45) is 2.67. The number of rotatable bonds is 6. The topological polar surface area (TPSA) is 101 Å². The van der Waals surface area contributed by atoms with Gasteiger partial charge in [-0.1, -0.05) is 12.5 Å². The fourth-order valence-corrected chi connectivity index (χ4v) is 5.66. The van der Waals surface area contributed by atoms with Crippen LogP contribution in [-0.2, 0) is 20.0 Å². The summed E-state index contributed by atoms with van der Waals surface area (Å²) < 4.78 is 53.3. The highest BCUT2D eigenvalue weighted by Gasteiger charge is 2.29. The van der Waals surface area contributed by atoms with Crippen molar-refractivity contribution >= 4 is 20.0 Å². The Labute approximate surface area is 144 Å². The maximum Gasteiger partial charge on any atom is 0.243 e. The van der Waals surface area contributed by atoms with Crippen molar-refractivity contribution in [2.24, 2.45) is 5.73 Å². The molecule has 1 saturated heterocycles. The predicted molar refractivity (Wildman–Crippen MR) is 92.5 cm³/mol. The normalized spacial score (nSPS) is 18.7. The lowest BCUT2D eigenvalue weighted by molar-refractivity contribution is 0.346. The number of hydrogen-bond acceptors (Lipinski definition) is 5. The molecule has 1 unspecified atom stereocenters. The van der Waals surface area contributed by atoms with E-state index in [-0.39, 0.29) is 22.4 Å². The van der Waals surface area contributed by atoms with Crippen molar-refractivity contribution in [1.82, 2.24) is 8.61 Å². The molecule has 2 rings (SSSR count). The molecule has 0 amide bonds. The zero-order chi connectivity index (χ0) is 18.0. The Morgan fingerprint density at radius 2 is 1.71 bits per heavy atom. The first-order chi connectivity index (χ1) is 11.2. The molecule has 0 radical (unpaired) electrons. The lowest BCUT2D eigenvalue weighted by Gasteiger charge is -2.26. The molecule has 1 aromatic rings. The van der Waals surface area contributed by atoms with Crippen molar-refractivity contribution in [3.05, 3.63) is 24.3 Å². The average Bonchev–Trinajstić information content (AvgIpc) is 2.61. The third kappa shape index (κ3) is 3.80. The Balaban J connectivity index is 2.38. The summed E-state index contributed by atoms with van der Waals surface area (Å²) in [6.45, 7) is 2.83. The maximum atomic E-state index is 12.7. The minimum Gasteiger partial charge on any atom is -0.329 e. The Morgan fingerprint density at radius 3 is 2.29 bits per heavy atom. The van der Waals surface area contributed by atoms with Crippen LogP contribution in [0.25, 0.3) is 0 Å². The molecule has 0 aliphatic carbocycles. The van der Waals surface area contributed by atoms with Gasteiger partial charge in [0, 0.05) is 32.7 Å². The van der Waals surface area contributed by atoms with Crippen molar-refractivity contribution < 1.29 is 16.8 Å². The predicted octanol–water partition coefficient (Wildman–Crippen LogP) is 0.829. The fourth-order valence-electron chi connectivity index (χ4n) is 2.60. The van der Waals surface area contributed by atoms with Crippen LogP contribution in [0, 0.1) is 0 Å². The molecule has 2 N–H and O–H groups in total. The van der Waals surface area contributed by atoms with Gasteiger partial charge >= 0.3 is 0 Å². The molecule has 1 fully saturated rings. The van der Waals surface area contributed by atoms with Gasteiger partial charge in [-0.15, -0.1) is 0 Å². The van der Waals surface area contributed by atoms with Crippen LogP contribution in [0.4, 0.5) is 0 Å². The Hall–Kier alpha value is -1.00. The van der Waals surface area contributed by atoms with Crippen LogP contribution in [0.2, 0.25) is 0 Å². The van der Waals surface area contributed by atoms with E-state index in [0.717, 1.165) is 19.3 Å². The maximum absolute atomic E-state index is 12.7. The molecule has 1 heterocycles. The van der Waals surface area contributed by atoms with Gasteiger partial charge in [-0.05, 0) is 38.0 Å². The Kier molecular flexibility index (Phi) is 6.03. The molecule has 7 nitrogen and oxygen atoms in total. The summed E-state index contributed by atoms with van der Waals surface area (Å²) in [5.41, 5.74) is 5.54. The molecule has 1 aromatic carbocycles. The lowest BCUT2D eigenvalue weighted by atomic mass is 10.2. The monoisotopic (exact) mass is 375 g/mol. The van der Waals surface area contributed by atoms with E-state index in [2.05, 4.69) is 0 Å². The van der Waals surface area contributed by atoms with Crippen LogP contribution in [0.1, 0.15) is 26.2 Å². The van der Waals surface area contributed by atoms with E-state index >= 15 is 0 Å². The highest BCUT2D eigenvalue weighted by Crippen LogP contribution is 2.24. The van der Waals surface area contributed by atoms with Gasteiger partial charge in [-0.3, -0.25) is 0 Å². The molecule has 1 atom stereocenters. The third-order valence-corrected chi connectivity index (χ3v) is 8.26. The van der Waals surface area contributed by atoms with E-state index in [9.17, 15) is 16.8 Å². The number of nitrogens with two attached hydrogens (primary N) is 1. The van der Waals surface area contributed by atoms with E-state index < -0.39 is 20.0 Å². The van der Waals surface area contributed by atoms with Crippen LogP contribution < -0.4 is 5.73 Å². The second-order valence-corrected chi connectivity index (χ2v) is 9.98. The second kappa shape index (κ2) is 7.49. The van der Waals surface area contributed by atoms with E-state index in [4.69, 9.17) is 5.73 Å². The van der Waals surface area contributed by atoms with E-state index in [1.807, 2.05) is 0 Å².